The van der Waals surface area contributed by atoms with Crippen molar-refractivity contribution in [3.63, 3.8) is 0 Å². The highest BCUT2D eigenvalue weighted by Crippen LogP contribution is 2.36. The van der Waals surface area contributed by atoms with Crippen LogP contribution in [0.4, 0.5) is 0 Å². The fraction of sp³-hybridized carbons (Fsp3) is 0.444. The predicted octanol–water partition coefficient (Wildman–Crippen LogP) is 2.70. The molecule has 0 saturated carbocycles. The van der Waals surface area contributed by atoms with Crippen LogP contribution in [0, 0.1) is 11.8 Å². The molecule has 0 aromatic carbocycles. The lowest BCUT2D eigenvalue weighted by Gasteiger charge is -2.19. The molecule has 1 amide bonds. The molecule has 6 heteroatoms. The second kappa shape index (κ2) is 6.91. The first-order chi connectivity index (χ1) is 11.8. The van der Waals surface area contributed by atoms with Crippen LogP contribution in [0.1, 0.15) is 16.1 Å². The molecule has 0 bridgehead atoms. The Bertz CT molecular complexity index is 677. The van der Waals surface area contributed by atoms with Crippen molar-refractivity contribution in [1.29, 1.82) is 0 Å². The van der Waals surface area contributed by atoms with Crippen LogP contribution < -0.4 is 4.74 Å². The van der Waals surface area contributed by atoms with Crippen LogP contribution in [0.5, 0.6) is 5.88 Å². The minimum Gasteiger partial charge on any atom is -0.478 e. The van der Waals surface area contributed by atoms with Crippen molar-refractivity contribution in [3.05, 3.63) is 46.8 Å². The van der Waals surface area contributed by atoms with Gasteiger partial charge in [-0.15, -0.1) is 11.3 Å². The zero-order valence-electron chi connectivity index (χ0n) is 13.3. The number of nitrogens with zero attached hydrogens (tertiary/aromatic N) is 2. The van der Waals surface area contributed by atoms with E-state index in [0.717, 1.165) is 24.4 Å². The van der Waals surface area contributed by atoms with Crippen LogP contribution >= 0.6 is 11.3 Å². The van der Waals surface area contributed by atoms with Gasteiger partial charge in [-0.25, -0.2) is 4.98 Å². The molecule has 2 aromatic rings. The number of carbonyl (C=O) groups excluding carboxylic acids is 1. The van der Waals surface area contributed by atoms with Gasteiger partial charge in [-0.1, -0.05) is 12.1 Å². The summed E-state index contributed by atoms with van der Waals surface area (Å²) in [5.41, 5.74) is 0. The second-order valence-electron chi connectivity index (χ2n) is 6.29. The first-order valence-corrected chi connectivity index (χ1v) is 9.17. The Balaban J connectivity index is 1.31. The summed E-state index contributed by atoms with van der Waals surface area (Å²) in [5.74, 6) is 1.65. The average molecular weight is 344 g/mol. The lowest BCUT2D eigenvalue weighted by molar-refractivity contribution is 0.0676. The maximum absolute atomic E-state index is 12.5. The maximum Gasteiger partial charge on any atom is 0.264 e. The third-order valence-electron chi connectivity index (χ3n) is 4.83. The summed E-state index contributed by atoms with van der Waals surface area (Å²) in [6.07, 6.45) is 2.84. The van der Waals surface area contributed by atoms with E-state index in [1.54, 1.807) is 6.20 Å². The molecule has 2 aliphatic rings. The zero-order chi connectivity index (χ0) is 16.4. The van der Waals surface area contributed by atoms with Crippen LogP contribution in [-0.2, 0) is 4.74 Å². The van der Waals surface area contributed by atoms with Crippen LogP contribution in [0.2, 0.25) is 0 Å². The minimum absolute atomic E-state index is 0.131. The van der Waals surface area contributed by atoms with Gasteiger partial charge in [0.1, 0.15) is 0 Å². The molecular formula is C18H20N2O3S. The van der Waals surface area contributed by atoms with Crippen molar-refractivity contribution in [1.82, 2.24) is 9.88 Å². The van der Waals surface area contributed by atoms with Gasteiger partial charge in [0.2, 0.25) is 5.88 Å². The number of hydrogen-bond acceptors (Lipinski definition) is 5. The van der Waals surface area contributed by atoms with Gasteiger partial charge in [-0.05, 0) is 29.9 Å². The molecule has 0 radical (unpaired) electrons. The summed E-state index contributed by atoms with van der Waals surface area (Å²) >= 11 is 1.50. The van der Waals surface area contributed by atoms with Crippen LogP contribution in [-0.4, -0.2) is 48.2 Å². The van der Waals surface area contributed by atoms with Gasteiger partial charge in [-0.2, -0.15) is 0 Å². The summed E-state index contributed by atoms with van der Waals surface area (Å²) in [5, 5.41) is 1.94. The molecule has 2 aliphatic heterocycles. The quantitative estimate of drug-likeness (QED) is 0.837. The first kappa shape index (κ1) is 15.6. The van der Waals surface area contributed by atoms with Crippen molar-refractivity contribution in [2.24, 2.45) is 11.8 Å². The molecular weight excluding hydrogens is 324 g/mol. The fourth-order valence-corrected chi connectivity index (χ4v) is 4.26. The van der Waals surface area contributed by atoms with E-state index in [1.807, 2.05) is 40.6 Å². The Morgan fingerprint density at radius 1 is 1.33 bits per heavy atom. The normalized spacial score (nSPS) is 25.7. The number of likely N-dealkylation sites (tertiary alicyclic amines) is 1. The summed E-state index contributed by atoms with van der Waals surface area (Å²) < 4.78 is 11.6. The molecule has 0 aliphatic carbocycles. The topological polar surface area (TPSA) is 51.7 Å². The third-order valence-corrected chi connectivity index (χ3v) is 5.69. The molecule has 2 fully saturated rings. The predicted molar refractivity (Wildman–Crippen MR) is 91.3 cm³/mol. The Morgan fingerprint density at radius 2 is 2.29 bits per heavy atom. The monoisotopic (exact) mass is 344 g/mol. The van der Waals surface area contributed by atoms with E-state index in [9.17, 15) is 4.79 Å². The molecule has 3 atom stereocenters. The molecule has 24 heavy (non-hydrogen) atoms. The fourth-order valence-electron chi connectivity index (χ4n) is 3.57. The Morgan fingerprint density at radius 3 is 3.08 bits per heavy atom. The zero-order valence-corrected chi connectivity index (χ0v) is 14.2. The van der Waals surface area contributed by atoms with Crippen molar-refractivity contribution in [2.75, 3.05) is 26.3 Å². The number of rotatable bonds is 5. The molecule has 0 N–H and O–H groups in total. The second-order valence-corrected chi connectivity index (χ2v) is 7.24. The van der Waals surface area contributed by atoms with Crippen LogP contribution in [0.25, 0.3) is 0 Å². The van der Waals surface area contributed by atoms with Gasteiger partial charge in [0.05, 0.1) is 24.2 Å². The summed E-state index contributed by atoms with van der Waals surface area (Å²) in [7, 11) is 0. The van der Waals surface area contributed by atoms with Crippen LogP contribution in [0.15, 0.2) is 41.9 Å². The Kier molecular flexibility index (Phi) is 4.49. The number of pyridine rings is 1. The Hall–Kier alpha value is -1.92. The molecule has 4 rings (SSSR count). The number of ether oxygens (including phenoxy) is 2. The Labute approximate surface area is 145 Å². The van der Waals surface area contributed by atoms with Crippen LogP contribution in [0.3, 0.4) is 0 Å². The number of thiophene rings is 1. The van der Waals surface area contributed by atoms with E-state index in [-0.39, 0.29) is 12.0 Å². The van der Waals surface area contributed by atoms with Gasteiger partial charge < -0.3 is 14.4 Å². The molecule has 0 spiro atoms. The summed E-state index contributed by atoms with van der Waals surface area (Å²) in [6, 6.07) is 9.47. The van der Waals surface area contributed by atoms with E-state index in [0.29, 0.717) is 30.9 Å². The maximum atomic E-state index is 12.5. The average Bonchev–Trinajstić information content (AvgIpc) is 3.33. The molecule has 4 heterocycles. The highest BCUT2D eigenvalue weighted by Gasteiger charge is 2.45. The molecule has 126 valence electrons. The van der Waals surface area contributed by atoms with Crippen molar-refractivity contribution >= 4 is 17.2 Å². The van der Waals surface area contributed by atoms with Gasteiger partial charge in [0.25, 0.3) is 5.91 Å². The van der Waals surface area contributed by atoms with Crippen molar-refractivity contribution in [3.8, 4) is 5.88 Å². The lowest BCUT2D eigenvalue weighted by atomic mass is 9.91. The molecule has 2 saturated heterocycles. The largest absolute Gasteiger partial charge is 0.478 e. The number of amides is 1. The van der Waals surface area contributed by atoms with E-state index in [4.69, 9.17) is 9.47 Å². The SMILES string of the molecule is O=C(c1cccs1)N1C[C@H]2[C@@H](CCOc3ccccn3)CO[C@H]2C1. The smallest absolute Gasteiger partial charge is 0.264 e. The van der Waals surface area contributed by atoms with E-state index in [1.165, 1.54) is 11.3 Å². The van der Waals surface area contributed by atoms with E-state index in [2.05, 4.69) is 4.98 Å². The number of carbonyl (C=O) groups is 1. The number of fused-ring (bicyclic) bond motifs is 1. The molecule has 0 unspecified atom stereocenters. The number of hydrogen-bond donors (Lipinski definition) is 0. The third kappa shape index (κ3) is 3.16. The summed E-state index contributed by atoms with van der Waals surface area (Å²) in [4.78, 5) is 19.4. The van der Waals surface area contributed by atoms with Gasteiger partial charge >= 0.3 is 0 Å². The lowest BCUT2D eigenvalue weighted by Crippen LogP contribution is -2.30. The highest BCUT2D eigenvalue weighted by molar-refractivity contribution is 7.12. The summed E-state index contributed by atoms with van der Waals surface area (Å²) in [6.45, 7) is 2.89. The first-order valence-electron chi connectivity index (χ1n) is 8.29. The standard InChI is InChI=1S/C18H20N2O3S/c21-18(16-4-3-9-24-16)20-10-14-13(12-23-15(14)11-20)6-8-22-17-5-1-2-7-19-17/h1-5,7,9,13-15H,6,8,10-12H2/t13-,14-,15-/m0/s1. The van der Waals surface area contributed by atoms with Crippen molar-refractivity contribution in [2.45, 2.75) is 12.5 Å². The van der Waals surface area contributed by atoms with Crippen molar-refractivity contribution < 1.29 is 14.3 Å². The van der Waals surface area contributed by atoms with Gasteiger partial charge in [-0.3, -0.25) is 4.79 Å². The number of aromatic nitrogens is 1. The van der Waals surface area contributed by atoms with Gasteiger partial charge in [0.15, 0.2) is 0 Å². The minimum atomic E-state index is 0.131. The van der Waals surface area contributed by atoms with Gasteiger partial charge in [0, 0.05) is 31.3 Å². The van der Waals surface area contributed by atoms with E-state index < -0.39 is 0 Å². The molecule has 2 aromatic heterocycles. The molecule has 5 nitrogen and oxygen atoms in total. The highest BCUT2D eigenvalue weighted by atomic mass is 32.1. The van der Waals surface area contributed by atoms with E-state index >= 15 is 0 Å².